The van der Waals surface area contributed by atoms with E-state index in [1.54, 1.807) is 6.20 Å². The van der Waals surface area contributed by atoms with Gasteiger partial charge in [0, 0.05) is 28.3 Å². The molecule has 0 aliphatic carbocycles. The molecule has 1 heterocycles. The van der Waals surface area contributed by atoms with Gasteiger partial charge in [0.25, 0.3) is 0 Å². The third-order valence-corrected chi connectivity index (χ3v) is 3.13. The molecule has 0 atom stereocenters. The summed E-state index contributed by atoms with van der Waals surface area (Å²) in [5.74, 6) is 0. The van der Waals surface area contributed by atoms with Crippen LogP contribution >= 0.6 is 27.5 Å². The summed E-state index contributed by atoms with van der Waals surface area (Å²) < 4.78 is 1.01. The Balaban J connectivity index is 2.78. The number of benzene rings is 1. The maximum atomic E-state index is 6.09. The van der Waals surface area contributed by atoms with Gasteiger partial charge in [-0.15, -0.1) is 0 Å². The molecule has 0 saturated heterocycles. The topological polar surface area (TPSA) is 24.9 Å². The third kappa shape index (κ3) is 1.94. The molecule has 0 amide bonds. The standard InChI is InChI=1S/C11H10BrClN2/c1-2-14-9-5-6-15-11-8(13)4-3-7(12)10(9)11/h3-6H,2H2,1H3,(H,14,15). The van der Waals surface area contributed by atoms with Gasteiger partial charge in [0.1, 0.15) is 0 Å². The van der Waals surface area contributed by atoms with Crippen LogP contribution in [0.3, 0.4) is 0 Å². The van der Waals surface area contributed by atoms with Crippen molar-refractivity contribution in [2.45, 2.75) is 6.92 Å². The van der Waals surface area contributed by atoms with Crippen molar-refractivity contribution in [1.29, 1.82) is 0 Å². The van der Waals surface area contributed by atoms with Gasteiger partial charge in [-0.1, -0.05) is 27.5 Å². The largest absolute Gasteiger partial charge is 0.385 e. The lowest BCUT2D eigenvalue weighted by atomic mass is 10.2. The van der Waals surface area contributed by atoms with Crippen LogP contribution in [-0.4, -0.2) is 11.5 Å². The fraction of sp³-hybridized carbons (Fsp3) is 0.182. The Morgan fingerprint density at radius 3 is 2.93 bits per heavy atom. The van der Waals surface area contributed by atoms with Crippen molar-refractivity contribution >= 4 is 44.1 Å². The second-order valence-corrected chi connectivity index (χ2v) is 4.40. The number of anilines is 1. The summed E-state index contributed by atoms with van der Waals surface area (Å²) in [5.41, 5.74) is 1.88. The van der Waals surface area contributed by atoms with Crippen molar-refractivity contribution in [3.8, 4) is 0 Å². The van der Waals surface area contributed by atoms with Crippen LogP contribution in [-0.2, 0) is 0 Å². The third-order valence-electron chi connectivity index (χ3n) is 2.16. The second kappa shape index (κ2) is 4.37. The van der Waals surface area contributed by atoms with Gasteiger partial charge in [-0.2, -0.15) is 0 Å². The minimum Gasteiger partial charge on any atom is -0.385 e. The normalized spacial score (nSPS) is 10.6. The first kappa shape index (κ1) is 10.7. The zero-order chi connectivity index (χ0) is 10.8. The molecule has 0 aliphatic rings. The number of rotatable bonds is 2. The Morgan fingerprint density at radius 1 is 1.40 bits per heavy atom. The number of fused-ring (bicyclic) bond motifs is 1. The predicted octanol–water partition coefficient (Wildman–Crippen LogP) is 4.08. The summed E-state index contributed by atoms with van der Waals surface area (Å²) >= 11 is 9.60. The van der Waals surface area contributed by atoms with Crippen molar-refractivity contribution in [2.75, 3.05) is 11.9 Å². The summed E-state index contributed by atoms with van der Waals surface area (Å²) in [4.78, 5) is 4.28. The Labute approximate surface area is 102 Å². The monoisotopic (exact) mass is 284 g/mol. The van der Waals surface area contributed by atoms with Gasteiger partial charge in [0.2, 0.25) is 0 Å². The van der Waals surface area contributed by atoms with E-state index in [2.05, 4.69) is 33.2 Å². The van der Waals surface area contributed by atoms with Crippen LogP contribution < -0.4 is 5.32 Å². The van der Waals surface area contributed by atoms with Crippen molar-refractivity contribution in [2.24, 2.45) is 0 Å². The number of nitrogens with zero attached hydrogens (tertiary/aromatic N) is 1. The van der Waals surface area contributed by atoms with Crippen molar-refractivity contribution in [3.63, 3.8) is 0 Å². The number of pyridine rings is 1. The molecule has 1 N–H and O–H groups in total. The van der Waals surface area contributed by atoms with Gasteiger partial charge in [-0.25, -0.2) is 0 Å². The van der Waals surface area contributed by atoms with Crippen LogP contribution in [0, 0.1) is 0 Å². The zero-order valence-corrected chi connectivity index (χ0v) is 10.6. The molecular weight excluding hydrogens is 275 g/mol. The van der Waals surface area contributed by atoms with E-state index in [-0.39, 0.29) is 0 Å². The van der Waals surface area contributed by atoms with Gasteiger partial charge in [0.15, 0.2) is 0 Å². The number of aromatic nitrogens is 1. The summed E-state index contributed by atoms with van der Waals surface area (Å²) in [6.07, 6.45) is 1.76. The van der Waals surface area contributed by atoms with Gasteiger partial charge < -0.3 is 5.32 Å². The highest BCUT2D eigenvalue weighted by Crippen LogP contribution is 2.33. The summed E-state index contributed by atoms with van der Waals surface area (Å²) in [5, 5.41) is 5.00. The van der Waals surface area contributed by atoms with Crippen molar-refractivity contribution in [1.82, 2.24) is 4.98 Å². The van der Waals surface area contributed by atoms with Crippen molar-refractivity contribution in [3.05, 3.63) is 33.9 Å². The minimum absolute atomic E-state index is 0.674. The van der Waals surface area contributed by atoms with Gasteiger partial charge in [0.05, 0.1) is 10.5 Å². The molecule has 2 rings (SSSR count). The molecule has 1 aromatic heterocycles. The molecule has 0 aliphatic heterocycles. The van der Waals surface area contributed by atoms with Gasteiger partial charge in [-0.3, -0.25) is 4.98 Å². The molecule has 4 heteroatoms. The molecule has 15 heavy (non-hydrogen) atoms. The molecule has 0 radical (unpaired) electrons. The first-order valence-corrected chi connectivity index (χ1v) is 5.87. The highest BCUT2D eigenvalue weighted by molar-refractivity contribution is 9.10. The Bertz CT molecular complexity index is 499. The first-order chi connectivity index (χ1) is 7.24. The average Bonchev–Trinajstić information content (AvgIpc) is 2.24. The van der Waals surface area contributed by atoms with E-state index < -0.39 is 0 Å². The zero-order valence-electron chi connectivity index (χ0n) is 8.22. The Kier molecular flexibility index (Phi) is 3.12. The fourth-order valence-electron chi connectivity index (χ4n) is 1.53. The van der Waals surface area contributed by atoms with Crippen LogP contribution in [0.5, 0.6) is 0 Å². The highest BCUT2D eigenvalue weighted by Gasteiger charge is 2.07. The molecule has 0 spiro atoms. The predicted molar refractivity (Wildman–Crippen MR) is 68.6 cm³/mol. The van der Waals surface area contributed by atoms with Gasteiger partial charge in [-0.05, 0) is 25.1 Å². The fourth-order valence-corrected chi connectivity index (χ4v) is 2.27. The maximum absolute atomic E-state index is 6.09. The van der Waals surface area contributed by atoms with E-state index in [1.807, 2.05) is 18.2 Å². The van der Waals surface area contributed by atoms with Gasteiger partial charge >= 0.3 is 0 Å². The quantitative estimate of drug-likeness (QED) is 0.899. The minimum atomic E-state index is 0.674. The lowest BCUT2D eigenvalue weighted by molar-refractivity contribution is 1.21. The van der Waals surface area contributed by atoms with E-state index in [0.717, 1.165) is 27.6 Å². The van der Waals surface area contributed by atoms with E-state index in [1.165, 1.54) is 0 Å². The highest BCUT2D eigenvalue weighted by atomic mass is 79.9. The average molecular weight is 286 g/mol. The van der Waals surface area contributed by atoms with E-state index in [9.17, 15) is 0 Å². The number of nitrogens with one attached hydrogen (secondary N) is 1. The molecule has 78 valence electrons. The molecule has 1 aromatic carbocycles. The summed E-state index contributed by atoms with van der Waals surface area (Å²) in [6, 6.07) is 5.73. The van der Waals surface area contributed by atoms with Crippen LogP contribution in [0.4, 0.5) is 5.69 Å². The van der Waals surface area contributed by atoms with Crippen LogP contribution in [0.1, 0.15) is 6.92 Å². The first-order valence-electron chi connectivity index (χ1n) is 4.70. The van der Waals surface area contributed by atoms with Crippen LogP contribution in [0.2, 0.25) is 5.02 Å². The van der Waals surface area contributed by atoms with E-state index in [0.29, 0.717) is 5.02 Å². The molecule has 0 bridgehead atoms. The SMILES string of the molecule is CCNc1ccnc2c(Cl)ccc(Br)c12. The van der Waals surface area contributed by atoms with Crippen molar-refractivity contribution < 1.29 is 0 Å². The smallest absolute Gasteiger partial charge is 0.0920 e. The Hall–Kier alpha value is -0.800. The molecule has 0 saturated carbocycles. The molecular formula is C11H10BrClN2. The number of hydrogen-bond acceptors (Lipinski definition) is 2. The van der Waals surface area contributed by atoms with Crippen LogP contribution in [0.15, 0.2) is 28.9 Å². The maximum Gasteiger partial charge on any atom is 0.0920 e. The number of halogens is 2. The van der Waals surface area contributed by atoms with E-state index >= 15 is 0 Å². The lowest BCUT2D eigenvalue weighted by Gasteiger charge is -2.09. The lowest BCUT2D eigenvalue weighted by Crippen LogP contribution is -1.98. The van der Waals surface area contributed by atoms with Crippen LogP contribution in [0.25, 0.3) is 10.9 Å². The second-order valence-electron chi connectivity index (χ2n) is 3.14. The summed E-state index contributed by atoms with van der Waals surface area (Å²) in [6.45, 7) is 2.93. The molecule has 2 aromatic rings. The number of hydrogen-bond donors (Lipinski definition) is 1. The van der Waals surface area contributed by atoms with E-state index in [4.69, 9.17) is 11.6 Å². The molecule has 2 nitrogen and oxygen atoms in total. The molecule has 0 unspecified atom stereocenters. The molecule has 0 fully saturated rings. The summed E-state index contributed by atoms with van der Waals surface area (Å²) in [7, 11) is 0. The Morgan fingerprint density at radius 2 is 2.20 bits per heavy atom.